The van der Waals surface area contributed by atoms with Crippen molar-refractivity contribution in [2.45, 2.75) is 45.6 Å². The summed E-state index contributed by atoms with van der Waals surface area (Å²) in [6.07, 6.45) is 2.75. The molecule has 25 heavy (non-hydrogen) atoms. The van der Waals surface area contributed by atoms with Crippen molar-refractivity contribution < 1.29 is 19.1 Å². The van der Waals surface area contributed by atoms with Gasteiger partial charge in [-0.15, -0.1) is 0 Å². The Balaban J connectivity index is 1.61. The lowest BCUT2D eigenvalue weighted by atomic mass is 9.91. The zero-order valence-corrected chi connectivity index (χ0v) is 15.1. The molecule has 1 saturated heterocycles. The number of carbonyl (C=O) groups excluding carboxylic acids is 2. The molecule has 0 spiro atoms. The van der Waals surface area contributed by atoms with E-state index < -0.39 is 5.60 Å². The van der Waals surface area contributed by atoms with Gasteiger partial charge >= 0.3 is 12.1 Å². The fraction of sp³-hybridized carbons (Fsp3) is 0.579. The van der Waals surface area contributed by atoms with Crippen LogP contribution in [0.25, 0.3) is 0 Å². The molecular weight excluding hydrogens is 320 g/mol. The van der Waals surface area contributed by atoms with Crippen LogP contribution in [0.5, 0.6) is 5.75 Å². The second-order valence-electron chi connectivity index (χ2n) is 7.80. The summed E-state index contributed by atoms with van der Waals surface area (Å²) in [5.41, 5.74) is 1.57. The monoisotopic (exact) mass is 346 g/mol. The fourth-order valence-electron chi connectivity index (χ4n) is 3.31. The molecule has 136 valence electrons. The summed E-state index contributed by atoms with van der Waals surface area (Å²) in [7, 11) is 0. The Morgan fingerprint density at radius 2 is 2.20 bits per heavy atom. The van der Waals surface area contributed by atoms with Crippen molar-refractivity contribution in [3.8, 4) is 5.75 Å². The minimum Gasteiger partial charge on any atom is -0.444 e. The molecule has 0 radical (unpaired) electrons. The van der Waals surface area contributed by atoms with Gasteiger partial charge in [-0.05, 0) is 63.6 Å². The van der Waals surface area contributed by atoms with E-state index in [1.54, 1.807) is 0 Å². The number of anilines is 1. The molecule has 2 aliphatic rings. The van der Waals surface area contributed by atoms with E-state index in [1.165, 1.54) is 5.56 Å². The highest BCUT2D eigenvalue weighted by Crippen LogP contribution is 2.30. The smallest absolute Gasteiger partial charge is 0.410 e. The van der Waals surface area contributed by atoms with E-state index in [0.29, 0.717) is 18.2 Å². The van der Waals surface area contributed by atoms with Crippen molar-refractivity contribution >= 4 is 17.7 Å². The first-order valence-corrected chi connectivity index (χ1v) is 8.85. The van der Waals surface area contributed by atoms with Gasteiger partial charge in [-0.2, -0.15) is 0 Å². The van der Waals surface area contributed by atoms with E-state index in [9.17, 15) is 9.59 Å². The van der Waals surface area contributed by atoms with Gasteiger partial charge in [0.15, 0.2) is 5.75 Å². The van der Waals surface area contributed by atoms with Gasteiger partial charge in [0.05, 0.1) is 5.69 Å². The van der Waals surface area contributed by atoms with Crippen LogP contribution in [0.1, 0.15) is 39.2 Å². The maximum Gasteiger partial charge on any atom is 0.410 e. The Morgan fingerprint density at radius 1 is 1.40 bits per heavy atom. The van der Waals surface area contributed by atoms with Crippen LogP contribution < -0.4 is 10.1 Å². The molecular formula is C19H26N2O4. The molecule has 1 amide bonds. The molecule has 3 rings (SSSR count). The topological polar surface area (TPSA) is 67.9 Å². The molecule has 1 N–H and O–H groups in total. The van der Waals surface area contributed by atoms with Crippen molar-refractivity contribution in [2.75, 3.05) is 25.0 Å². The van der Waals surface area contributed by atoms with Crippen molar-refractivity contribution in [2.24, 2.45) is 5.92 Å². The SMILES string of the molecule is CC(C)(C)OC(=O)N1CCCC(Cc2ccc3c(c2)NCC(=O)O3)C1. The summed E-state index contributed by atoms with van der Waals surface area (Å²) >= 11 is 0. The van der Waals surface area contributed by atoms with Gasteiger partial charge in [-0.3, -0.25) is 0 Å². The number of likely N-dealkylation sites (tertiary alicyclic amines) is 1. The lowest BCUT2D eigenvalue weighted by Crippen LogP contribution is -2.43. The highest BCUT2D eigenvalue weighted by atomic mass is 16.6. The number of nitrogens with zero attached hydrogens (tertiary/aromatic N) is 1. The molecule has 6 heteroatoms. The predicted molar refractivity (Wildman–Crippen MR) is 94.8 cm³/mol. The zero-order chi connectivity index (χ0) is 18.0. The first-order valence-electron chi connectivity index (χ1n) is 8.85. The molecule has 0 bridgehead atoms. The average molecular weight is 346 g/mol. The van der Waals surface area contributed by atoms with Crippen LogP contribution in [0.2, 0.25) is 0 Å². The second kappa shape index (κ2) is 6.94. The minimum atomic E-state index is -0.467. The summed E-state index contributed by atoms with van der Waals surface area (Å²) in [4.78, 5) is 25.4. The molecule has 1 unspecified atom stereocenters. The van der Waals surface area contributed by atoms with Crippen LogP contribution in [0, 0.1) is 5.92 Å². The van der Waals surface area contributed by atoms with Gasteiger partial charge in [0.25, 0.3) is 0 Å². The number of fused-ring (bicyclic) bond motifs is 1. The molecule has 2 heterocycles. The summed E-state index contributed by atoms with van der Waals surface area (Å²) in [5, 5.41) is 3.08. The van der Waals surface area contributed by atoms with E-state index >= 15 is 0 Å². The van der Waals surface area contributed by atoms with Crippen LogP contribution in [-0.2, 0) is 16.0 Å². The number of amides is 1. The Kier molecular flexibility index (Phi) is 4.88. The quantitative estimate of drug-likeness (QED) is 0.658. The van der Waals surface area contributed by atoms with E-state index in [4.69, 9.17) is 9.47 Å². The molecule has 0 aromatic heterocycles. The first kappa shape index (κ1) is 17.6. The van der Waals surface area contributed by atoms with Crippen molar-refractivity contribution in [1.82, 2.24) is 4.90 Å². The van der Waals surface area contributed by atoms with Crippen molar-refractivity contribution in [3.63, 3.8) is 0 Å². The standard InChI is InChI=1S/C19H26N2O4/c1-19(2,3)25-18(23)21-8-4-5-14(12-21)9-13-6-7-16-15(10-13)20-11-17(22)24-16/h6-7,10,14,20H,4-5,8-9,11-12H2,1-3H3. The lowest BCUT2D eigenvalue weighted by molar-refractivity contribution is -0.132. The molecule has 0 saturated carbocycles. The number of hydrogen-bond donors (Lipinski definition) is 1. The van der Waals surface area contributed by atoms with Crippen LogP contribution in [0.4, 0.5) is 10.5 Å². The lowest BCUT2D eigenvalue weighted by Gasteiger charge is -2.34. The van der Waals surface area contributed by atoms with Crippen molar-refractivity contribution in [3.05, 3.63) is 23.8 Å². The number of ether oxygens (including phenoxy) is 2. The van der Waals surface area contributed by atoms with Crippen LogP contribution in [-0.4, -0.2) is 42.2 Å². The first-order chi connectivity index (χ1) is 11.8. The van der Waals surface area contributed by atoms with E-state index in [1.807, 2.05) is 43.9 Å². The van der Waals surface area contributed by atoms with E-state index in [-0.39, 0.29) is 18.6 Å². The Labute approximate surface area is 148 Å². The van der Waals surface area contributed by atoms with E-state index in [2.05, 4.69) is 5.32 Å². The second-order valence-corrected chi connectivity index (χ2v) is 7.80. The number of piperidine rings is 1. The van der Waals surface area contributed by atoms with Gasteiger partial charge in [0, 0.05) is 13.1 Å². The van der Waals surface area contributed by atoms with Gasteiger partial charge in [-0.25, -0.2) is 9.59 Å². The Bertz CT molecular complexity index is 666. The fourth-order valence-corrected chi connectivity index (χ4v) is 3.31. The molecule has 6 nitrogen and oxygen atoms in total. The molecule has 1 atom stereocenters. The highest BCUT2D eigenvalue weighted by Gasteiger charge is 2.28. The molecule has 1 aromatic rings. The zero-order valence-electron chi connectivity index (χ0n) is 15.1. The number of esters is 1. The number of carbonyl (C=O) groups is 2. The Hall–Kier alpha value is -2.24. The maximum absolute atomic E-state index is 12.3. The minimum absolute atomic E-state index is 0.201. The third kappa shape index (κ3) is 4.65. The summed E-state index contributed by atoms with van der Waals surface area (Å²) in [6.45, 7) is 7.34. The molecule has 2 aliphatic heterocycles. The highest BCUT2D eigenvalue weighted by molar-refractivity contribution is 5.83. The van der Waals surface area contributed by atoms with Gasteiger partial charge in [-0.1, -0.05) is 6.07 Å². The normalized spacial score (nSPS) is 20.4. The predicted octanol–water partition coefficient (Wildman–Crippen LogP) is 3.21. The Morgan fingerprint density at radius 3 is 2.96 bits per heavy atom. The van der Waals surface area contributed by atoms with E-state index in [0.717, 1.165) is 31.5 Å². The molecule has 1 aromatic carbocycles. The van der Waals surface area contributed by atoms with Crippen LogP contribution >= 0.6 is 0 Å². The number of hydrogen-bond acceptors (Lipinski definition) is 5. The average Bonchev–Trinajstić information content (AvgIpc) is 2.54. The molecule has 0 aliphatic carbocycles. The third-order valence-electron chi connectivity index (χ3n) is 4.39. The number of rotatable bonds is 2. The third-order valence-corrected chi connectivity index (χ3v) is 4.39. The van der Waals surface area contributed by atoms with Crippen LogP contribution in [0.15, 0.2) is 18.2 Å². The van der Waals surface area contributed by atoms with Gasteiger partial charge in [0.2, 0.25) is 0 Å². The number of nitrogens with one attached hydrogen (secondary N) is 1. The summed E-state index contributed by atoms with van der Waals surface area (Å²) in [5.74, 6) is 0.727. The van der Waals surface area contributed by atoms with Crippen molar-refractivity contribution in [1.29, 1.82) is 0 Å². The van der Waals surface area contributed by atoms with Gasteiger partial charge in [0.1, 0.15) is 12.1 Å². The summed E-state index contributed by atoms with van der Waals surface area (Å²) in [6, 6.07) is 5.86. The number of benzene rings is 1. The molecule has 1 fully saturated rings. The van der Waals surface area contributed by atoms with Gasteiger partial charge < -0.3 is 19.7 Å². The van der Waals surface area contributed by atoms with Crippen LogP contribution in [0.3, 0.4) is 0 Å². The maximum atomic E-state index is 12.3. The summed E-state index contributed by atoms with van der Waals surface area (Å²) < 4.78 is 10.7. The largest absolute Gasteiger partial charge is 0.444 e.